The number of carbonyl (C=O) groups is 1. The number of hydrogen-bond acceptors (Lipinski definition) is 3. The Morgan fingerprint density at radius 3 is 2.68 bits per heavy atom. The molecule has 0 saturated heterocycles. The van der Waals surface area contributed by atoms with Crippen LogP contribution in [0.3, 0.4) is 0 Å². The highest BCUT2D eigenvalue weighted by Gasteiger charge is 2.28. The van der Waals surface area contributed by atoms with Crippen LogP contribution in [0.1, 0.15) is 13.3 Å². The van der Waals surface area contributed by atoms with Crippen LogP contribution in [0.5, 0.6) is 5.75 Å². The zero-order valence-corrected chi connectivity index (χ0v) is 11.7. The highest BCUT2D eigenvalue weighted by molar-refractivity contribution is 7.57. The molecule has 2 N–H and O–H groups in total. The third-order valence-electron chi connectivity index (χ3n) is 2.38. The van der Waals surface area contributed by atoms with Crippen molar-refractivity contribution < 1.29 is 19.0 Å². The smallest absolute Gasteiger partial charge is 0.320 e. The van der Waals surface area contributed by atoms with Gasteiger partial charge >= 0.3 is 13.5 Å². The number of nitrogens with one attached hydrogen (secondary N) is 1. The minimum atomic E-state index is -3.27. The number of benzene rings is 1. The van der Waals surface area contributed by atoms with E-state index in [9.17, 15) is 9.36 Å². The van der Waals surface area contributed by atoms with Crippen molar-refractivity contribution in [2.24, 2.45) is 0 Å². The van der Waals surface area contributed by atoms with E-state index in [0.717, 1.165) is 0 Å². The van der Waals surface area contributed by atoms with Gasteiger partial charge in [0.2, 0.25) is 0 Å². The summed E-state index contributed by atoms with van der Waals surface area (Å²) in [6.07, 6.45) is 2.29. The Morgan fingerprint density at radius 1 is 1.53 bits per heavy atom. The third-order valence-corrected chi connectivity index (χ3v) is 4.52. The highest BCUT2D eigenvalue weighted by atomic mass is 31.2. The summed E-state index contributed by atoms with van der Waals surface area (Å²) in [6.45, 7) is 4.99. The van der Waals surface area contributed by atoms with Crippen molar-refractivity contribution in [1.29, 1.82) is 0 Å². The number of hydrogen-bond donors (Lipinski definition) is 2. The maximum atomic E-state index is 12.6. The number of aliphatic carboxylic acids is 1. The molecule has 2 atom stereocenters. The zero-order chi connectivity index (χ0) is 14.3. The molecule has 1 rings (SSSR count). The van der Waals surface area contributed by atoms with E-state index in [2.05, 4.69) is 11.7 Å². The molecule has 19 heavy (non-hydrogen) atoms. The van der Waals surface area contributed by atoms with E-state index in [1.807, 2.05) is 6.07 Å². The van der Waals surface area contributed by atoms with Gasteiger partial charge in [0, 0.05) is 0 Å². The number of rotatable bonds is 8. The Balaban J connectivity index is 2.83. The lowest BCUT2D eigenvalue weighted by molar-refractivity contribution is -0.138. The van der Waals surface area contributed by atoms with Crippen molar-refractivity contribution in [3.05, 3.63) is 43.0 Å². The molecule has 0 spiro atoms. The van der Waals surface area contributed by atoms with E-state index in [1.165, 1.54) is 6.92 Å². The van der Waals surface area contributed by atoms with E-state index in [4.69, 9.17) is 9.63 Å². The van der Waals surface area contributed by atoms with Gasteiger partial charge < -0.3 is 9.63 Å². The predicted molar refractivity (Wildman–Crippen MR) is 74.6 cm³/mol. The molecule has 1 aromatic carbocycles. The third kappa shape index (κ3) is 5.28. The molecule has 0 heterocycles. The second kappa shape index (κ2) is 7.12. The van der Waals surface area contributed by atoms with Crippen molar-refractivity contribution in [3.8, 4) is 5.75 Å². The van der Waals surface area contributed by atoms with Crippen LogP contribution in [-0.2, 0) is 9.36 Å². The number of para-hydroxylation sites is 1. The van der Waals surface area contributed by atoms with E-state index < -0.39 is 19.5 Å². The van der Waals surface area contributed by atoms with Gasteiger partial charge in [-0.3, -0.25) is 9.36 Å². The van der Waals surface area contributed by atoms with Crippen LogP contribution in [0.2, 0.25) is 0 Å². The average molecular weight is 283 g/mol. The summed E-state index contributed by atoms with van der Waals surface area (Å²) in [4.78, 5) is 10.8. The van der Waals surface area contributed by atoms with Crippen LogP contribution in [0, 0.1) is 0 Å². The fraction of sp³-hybridized carbons (Fsp3) is 0.308. The molecule has 0 aliphatic carbocycles. The van der Waals surface area contributed by atoms with Crippen LogP contribution < -0.4 is 9.61 Å². The van der Waals surface area contributed by atoms with Crippen LogP contribution in [0.4, 0.5) is 0 Å². The first-order valence-electron chi connectivity index (χ1n) is 5.92. The van der Waals surface area contributed by atoms with Gasteiger partial charge in [-0.15, -0.1) is 6.58 Å². The molecule has 0 fully saturated rings. The molecule has 0 aliphatic rings. The van der Waals surface area contributed by atoms with Crippen LogP contribution >= 0.6 is 7.52 Å². The summed E-state index contributed by atoms with van der Waals surface area (Å²) in [6, 6.07) is 7.73. The summed E-state index contributed by atoms with van der Waals surface area (Å²) in [5.41, 5.74) is 0. The Hall–Kier alpha value is -1.58. The molecule has 0 radical (unpaired) electrons. The first-order chi connectivity index (χ1) is 8.97. The number of carboxylic acids is 1. The van der Waals surface area contributed by atoms with Crippen LogP contribution in [0.25, 0.3) is 0 Å². The van der Waals surface area contributed by atoms with Gasteiger partial charge in [-0.05, 0) is 25.5 Å². The lowest BCUT2D eigenvalue weighted by Crippen LogP contribution is -2.33. The van der Waals surface area contributed by atoms with Crippen LogP contribution in [-0.4, -0.2) is 23.3 Å². The van der Waals surface area contributed by atoms with Gasteiger partial charge in [-0.2, -0.15) is 0 Å². The average Bonchev–Trinajstić information content (AvgIpc) is 2.37. The van der Waals surface area contributed by atoms with Crippen molar-refractivity contribution in [2.45, 2.75) is 19.4 Å². The summed E-state index contributed by atoms with van der Waals surface area (Å²) >= 11 is 0. The molecule has 0 bridgehead atoms. The number of allylic oxidation sites excluding steroid dienone is 1. The standard InChI is InChI=1S/C13H18NO4P/c1-3-4-10-19(17,14-11(2)13(15)16)18-12-8-6-5-7-9-12/h3,5-9,11H,1,4,10H2,2H3,(H,14,17)(H,15,16). The molecule has 1 aromatic rings. The van der Waals surface area contributed by atoms with E-state index in [-0.39, 0.29) is 6.16 Å². The first kappa shape index (κ1) is 15.5. The minimum absolute atomic E-state index is 0.197. The normalized spacial score (nSPS) is 15.2. The predicted octanol–water partition coefficient (Wildman–Crippen LogP) is 2.90. The zero-order valence-electron chi connectivity index (χ0n) is 10.8. The second-order valence-electron chi connectivity index (χ2n) is 4.07. The second-order valence-corrected chi connectivity index (χ2v) is 6.30. The molecule has 5 nitrogen and oxygen atoms in total. The molecule has 0 amide bonds. The molecule has 0 saturated carbocycles. The van der Waals surface area contributed by atoms with E-state index in [1.54, 1.807) is 30.3 Å². The number of carboxylic acid groups (broad SMARTS) is 1. The highest BCUT2D eigenvalue weighted by Crippen LogP contribution is 2.44. The summed E-state index contributed by atoms with van der Waals surface area (Å²) < 4.78 is 18.1. The van der Waals surface area contributed by atoms with Crippen molar-refractivity contribution in [3.63, 3.8) is 0 Å². The Kier molecular flexibility index (Phi) is 5.80. The molecular formula is C13H18NO4P. The van der Waals surface area contributed by atoms with Gasteiger partial charge in [0.05, 0.1) is 6.16 Å². The van der Waals surface area contributed by atoms with Crippen molar-refractivity contribution >= 4 is 13.5 Å². The van der Waals surface area contributed by atoms with E-state index in [0.29, 0.717) is 12.2 Å². The fourth-order valence-electron chi connectivity index (χ4n) is 1.40. The quantitative estimate of drug-likeness (QED) is 0.566. The summed E-state index contributed by atoms with van der Waals surface area (Å²) in [7, 11) is -3.27. The molecular weight excluding hydrogens is 265 g/mol. The molecule has 6 heteroatoms. The van der Waals surface area contributed by atoms with Crippen LogP contribution in [0.15, 0.2) is 43.0 Å². The fourth-order valence-corrected chi connectivity index (χ4v) is 3.36. The lowest BCUT2D eigenvalue weighted by atomic mass is 10.3. The minimum Gasteiger partial charge on any atom is -0.480 e. The Bertz CT molecular complexity index is 475. The van der Waals surface area contributed by atoms with Crippen molar-refractivity contribution in [1.82, 2.24) is 5.09 Å². The maximum Gasteiger partial charge on any atom is 0.320 e. The topological polar surface area (TPSA) is 75.6 Å². The monoisotopic (exact) mass is 283 g/mol. The lowest BCUT2D eigenvalue weighted by Gasteiger charge is -2.22. The maximum absolute atomic E-state index is 12.6. The van der Waals surface area contributed by atoms with E-state index >= 15 is 0 Å². The summed E-state index contributed by atoms with van der Waals surface area (Å²) in [5, 5.41) is 11.4. The van der Waals surface area contributed by atoms with Crippen molar-refractivity contribution in [2.75, 3.05) is 6.16 Å². The SMILES string of the molecule is C=CCCP(=O)(NC(C)C(=O)O)Oc1ccccc1. The molecule has 0 aromatic heterocycles. The summed E-state index contributed by atoms with van der Waals surface area (Å²) in [5.74, 6) is -0.629. The largest absolute Gasteiger partial charge is 0.480 e. The van der Waals surface area contributed by atoms with Gasteiger partial charge in [0.25, 0.3) is 0 Å². The van der Waals surface area contributed by atoms with Gasteiger partial charge in [0.15, 0.2) is 0 Å². The van der Waals surface area contributed by atoms with Gasteiger partial charge in [-0.25, -0.2) is 5.09 Å². The first-order valence-corrected chi connectivity index (χ1v) is 7.73. The molecule has 0 aliphatic heterocycles. The Morgan fingerprint density at radius 2 is 2.16 bits per heavy atom. The molecule has 2 unspecified atom stereocenters. The van der Waals surface area contributed by atoms with Gasteiger partial charge in [-0.1, -0.05) is 24.3 Å². The van der Waals surface area contributed by atoms with Gasteiger partial charge in [0.1, 0.15) is 11.8 Å². The molecule has 104 valence electrons. The Labute approximate surface area is 112 Å².